The van der Waals surface area contributed by atoms with Gasteiger partial charge in [-0.15, -0.1) is 0 Å². The normalized spacial score (nSPS) is 14.0. The highest BCUT2D eigenvalue weighted by molar-refractivity contribution is 5.57. The van der Waals surface area contributed by atoms with E-state index in [0.29, 0.717) is 25.2 Å². The summed E-state index contributed by atoms with van der Waals surface area (Å²) in [6.45, 7) is 1.10. The second-order valence-electron chi connectivity index (χ2n) is 5.61. The summed E-state index contributed by atoms with van der Waals surface area (Å²) in [5.41, 5.74) is 1.36. The monoisotopic (exact) mass is 332 g/mol. The van der Waals surface area contributed by atoms with E-state index in [4.69, 9.17) is 10.00 Å². The van der Waals surface area contributed by atoms with Gasteiger partial charge in [-0.2, -0.15) is 18.4 Å². The lowest BCUT2D eigenvalue weighted by Crippen LogP contribution is -2.30. The van der Waals surface area contributed by atoms with Crippen molar-refractivity contribution in [1.82, 2.24) is 0 Å². The third-order valence-corrected chi connectivity index (χ3v) is 4.24. The Morgan fingerprint density at radius 1 is 1.21 bits per heavy atom. The van der Waals surface area contributed by atoms with Crippen molar-refractivity contribution in [2.24, 2.45) is 0 Å². The number of alkyl halides is 3. The van der Waals surface area contributed by atoms with Crippen LogP contribution in [0.2, 0.25) is 0 Å². The molecule has 3 nitrogen and oxygen atoms in total. The molecule has 0 spiro atoms. The molecule has 0 N–H and O–H groups in total. The smallest absolute Gasteiger partial charge is 0.417 e. The fourth-order valence-corrected chi connectivity index (χ4v) is 3.05. The highest BCUT2D eigenvalue weighted by atomic mass is 19.4. The van der Waals surface area contributed by atoms with Gasteiger partial charge in [-0.05, 0) is 36.2 Å². The molecular weight excluding hydrogens is 317 g/mol. The Labute approximate surface area is 137 Å². The predicted molar refractivity (Wildman–Crippen MR) is 83.9 cm³/mol. The van der Waals surface area contributed by atoms with E-state index in [-0.39, 0.29) is 5.56 Å². The van der Waals surface area contributed by atoms with Crippen molar-refractivity contribution in [2.45, 2.75) is 19.1 Å². The number of nitrogens with zero attached hydrogens (tertiary/aromatic N) is 2. The van der Waals surface area contributed by atoms with Gasteiger partial charge >= 0.3 is 6.18 Å². The fourth-order valence-electron chi connectivity index (χ4n) is 3.05. The average Bonchev–Trinajstić information content (AvgIpc) is 2.59. The molecule has 24 heavy (non-hydrogen) atoms. The van der Waals surface area contributed by atoms with Crippen LogP contribution in [-0.4, -0.2) is 13.7 Å². The number of halogens is 3. The van der Waals surface area contributed by atoms with Crippen LogP contribution < -0.4 is 9.64 Å². The minimum Gasteiger partial charge on any atom is -0.496 e. The molecule has 2 aromatic carbocycles. The summed E-state index contributed by atoms with van der Waals surface area (Å²) in [4.78, 5) is 1.89. The lowest BCUT2D eigenvalue weighted by molar-refractivity contribution is -0.137. The van der Waals surface area contributed by atoms with Crippen LogP contribution in [-0.2, 0) is 19.1 Å². The van der Waals surface area contributed by atoms with Crippen LogP contribution >= 0.6 is 0 Å². The maximum Gasteiger partial charge on any atom is 0.417 e. The summed E-state index contributed by atoms with van der Waals surface area (Å²) >= 11 is 0. The molecule has 0 saturated carbocycles. The molecule has 0 aliphatic carbocycles. The van der Waals surface area contributed by atoms with Crippen molar-refractivity contribution in [3.8, 4) is 11.8 Å². The van der Waals surface area contributed by atoms with Crippen molar-refractivity contribution >= 4 is 5.69 Å². The van der Waals surface area contributed by atoms with Crippen molar-refractivity contribution in [3.05, 3.63) is 58.7 Å². The fraction of sp³-hybridized carbons (Fsp3) is 0.278. The molecule has 124 valence electrons. The standard InChI is InChI=1S/C18H15F3N2O/c1-24-17-4-2-3-13-11-23(8-7-15(13)17)14-6-5-12(10-22)16(9-14)18(19,20)21/h2-6,9H,7-8,11H2,1H3. The number of nitriles is 1. The molecule has 0 atom stereocenters. The van der Waals surface area contributed by atoms with Gasteiger partial charge < -0.3 is 9.64 Å². The number of ether oxygens (including phenoxy) is 1. The first kappa shape index (κ1) is 16.2. The first-order valence-electron chi connectivity index (χ1n) is 7.45. The van der Waals surface area contributed by atoms with E-state index in [1.54, 1.807) is 19.2 Å². The Hall–Kier alpha value is -2.68. The molecule has 0 saturated heterocycles. The Kier molecular flexibility index (Phi) is 4.10. The zero-order valence-electron chi connectivity index (χ0n) is 13.0. The number of methoxy groups -OCH3 is 1. The van der Waals surface area contributed by atoms with Crippen LogP contribution in [0.3, 0.4) is 0 Å². The topological polar surface area (TPSA) is 36.3 Å². The van der Waals surface area contributed by atoms with Crippen LogP contribution in [0.1, 0.15) is 22.3 Å². The first-order valence-corrected chi connectivity index (χ1v) is 7.45. The zero-order valence-corrected chi connectivity index (χ0v) is 13.0. The summed E-state index contributed by atoms with van der Waals surface area (Å²) in [5.74, 6) is 0.808. The number of benzene rings is 2. The molecule has 0 bridgehead atoms. The third-order valence-electron chi connectivity index (χ3n) is 4.24. The molecule has 1 aliphatic heterocycles. The summed E-state index contributed by atoms with van der Waals surface area (Å²) in [6.07, 6.45) is -3.85. The lowest BCUT2D eigenvalue weighted by Gasteiger charge is -2.32. The number of hydrogen-bond donors (Lipinski definition) is 0. The number of hydrogen-bond acceptors (Lipinski definition) is 3. The molecule has 0 fully saturated rings. The largest absolute Gasteiger partial charge is 0.496 e. The summed E-state index contributed by atoms with van der Waals surface area (Å²) in [5, 5.41) is 8.89. The summed E-state index contributed by atoms with van der Waals surface area (Å²) in [6, 6.07) is 11.2. The molecule has 6 heteroatoms. The van der Waals surface area contributed by atoms with Gasteiger partial charge in [-0.3, -0.25) is 0 Å². The average molecular weight is 332 g/mol. The molecule has 3 rings (SSSR count). The molecule has 1 heterocycles. The first-order chi connectivity index (χ1) is 11.4. The van der Waals surface area contributed by atoms with Gasteiger partial charge in [0.05, 0.1) is 24.3 Å². The van der Waals surface area contributed by atoms with Gasteiger partial charge in [0.15, 0.2) is 0 Å². The van der Waals surface area contributed by atoms with Crippen LogP contribution in [0.25, 0.3) is 0 Å². The zero-order chi connectivity index (χ0) is 17.3. The quantitative estimate of drug-likeness (QED) is 0.829. The van der Waals surface area contributed by atoms with Gasteiger partial charge in [0.1, 0.15) is 5.75 Å². The van der Waals surface area contributed by atoms with Crippen molar-refractivity contribution in [3.63, 3.8) is 0 Å². The van der Waals surface area contributed by atoms with E-state index >= 15 is 0 Å². The lowest BCUT2D eigenvalue weighted by atomic mass is 9.97. The van der Waals surface area contributed by atoms with E-state index in [9.17, 15) is 13.2 Å². The molecule has 0 unspecified atom stereocenters. The Morgan fingerprint density at radius 2 is 2.00 bits per heavy atom. The summed E-state index contributed by atoms with van der Waals surface area (Å²) in [7, 11) is 1.61. The maximum absolute atomic E-state index is 13.1. The molecule has 0 aromatic heterocycles. The number of fused-ring (bicyclic) bond motifs is 1. The summed E-state index contributed by atoms with van der Waals surface area (Å²) < 4.78 is 44.7. The van der Waals surface area contributed by atoms with Crippen molar-refractivity contribution in [2.75, 3.05) is 18.6 Å². The van der Waals surface area contributed by atoms with E-state index < -0.39 is 11.7 Å². The van der Waals surface area contributed by atoms with E-state index in [1.807, 2.05) is 23.1 Å². The predicted octanol–water partition coefficient (Wildman–Crippen LogP) is 4.15. The van der Waals surface area contributed by atoms with Gasteiger partial charge in [-0.25, -0.2) is 0 Å². The maximum atomic E-state index is 13.1. The Bertz CT molecular complexity index is 809. The van der Waals surface area contributed by atoms with Gasteiger partial charge in [0, 0.05) is 24.3 Å². The second-order valence-corrected chi connectivity index (χ2v) is 5.61. The molecular formula is C18H15F3N2O. The van der Waals surface area contributed by atoms with Crippen LogP contribution in [0.15, 0.2) is 36.4 Å². The molecule has 0 radical (unpaired) electrons. The van der Waals surface area contributed by atoms with Gasteiger partial charge in [0.2, 0.25) is 0 Å². The van der Waals surface area contributed by atoms with Gasteiger partial charge in [-0.1, -0.05) is 12.1 Å². The van der Waals surface area contributed by atoms with Crippen LogP contribution in [0, 0.1) is 11.3 Å². The van der Waals surface area contributed by atoms with Gasteiger partial charge in [0.25, 0.3) is 0 Å². The Morgan fingerprint density at radius 3 is 2.67 bits per heavy atom. The van der Waals surface area contributed by atoms with Crippen LogP contribution in [0.4, 0.5) is 18.9 Å². The van der Waals surface area contributed by atoms with E-state index in [2.05, 4.69) is 0 Å². The highest BCUT2D eigenvalue weighted by Crippen LogP contribution is 2.36. The molecule has 1 aliphatic rings. The third kappa shape index (κ3) is 2.90. The van der Waals surface area contributed by atoms with Crippen LogP contribution in [0.5, 0.6) is 5.75 Å². The SMILES string of the molecule is COc1cccc2c1CCN(c1ccc(C#N)c(C(F)(F)F)c1)C2. The van der Waals surface area contributed by atoms with E-state index in [1.165, 1.54) is 6.07 Å². The Balaban J connectivity index is 1.95. The number of rotatable bonds is 2. The number of anilines is 1. The van der Waals surface area contributed by atoms with E-state index in [0.717, 1.165) is 22.9 Å². The van der Waals surface area contributed by atoms with Crippen molar-refractivity contribution in [1.29, 1.82) is 5.26 Å². The minimum absolute atomic E-state index is 0.356. The second kappa shape index (κ2) is 6.08. The molecule has 2 aromatic rings. The highest BCUT2D eigenvalue weighted by Gasteiger charge is 2.34. The minimum atomic E-state index is -4.54. The molecule has 0 amide bonds. The van der Waals surface area contributed by atoms with Crippen molar-refractivity contribution < 1.29 is 17.9 Å².